The monoisotopic (exact) mass is 311 g/mol. The molecule has 1 amide bonds. The number of thioether (sulfide) groups is 1. The molecule has 1 N–H and O–H groups in total. The van der Waals surface area contributed by atoms with E-state index in [1.807, 2.05) is 0 Å². The van der Waals surface area contributed by atoms with Gasteiger partial charge in [-0.1, -0.05) is 0 Å². The van der Waals surface area contributed by atoms with Gasteiger partial charge >= 0.3 is 0 Å². The second-order valence-electron chi connectivity index (χ2n) is 3.87. The lowest BCUT2D eigenvalue weighted by atomic mass is 10.3. The fourth-order valence-electron chi connectivity index (χ4n) is 1.52. The largest absolute Gasteiger partial charge is 0.480 e. The van der Waals surface area contributed by atoms with Gasteiger partial charge in [0.15, 0.2) is 11.6 Å². The average Bonchev–Trinajstić information content (AvgIpc) is 2.50. The fourth-order valence-corrected chi connectivity index (χ4v) is 2.04. The van der Waals surface area contributed by atoms with Gasteiger partial charge in [0.25, 0.3) is 5.91 Å². The Morgan fingerprint density at radius 3 is 2.62 bits per heavy atom. The zero-order valence-electron chi connectivity index (χ0n) is 11.2. The molecule has 1 aromatic heterocycles. The predicted octanol–water partition coefficient (Wildman–Crippen LogP) is 2.74. The lowest BCUT2D eigenvalue weighted by Gasteiger charge is -2.08. The van der Waals surface area contributed by atoms with Crippen molar-refractivity contribution in [1.29, 1.82) is 0 Å². The van der Waals surface area contributed by atoms with Crippen LogP contribution in [0.25, 0.3) is 0 Å². The van der Waals surface area contributed by atoms with Gasteiger partial charge < -0.3 is 10.1 Å². The summed E-state index contributed by atoms with van der Waals surface area (Å²) in [5, 5.41) is 2.44. The van der Waals surface area contributed by atoms with Crippen LogP contribution in [0.15, 0.2) is 29.4 Å². The zero-order chi connectivity index (χ0) is 15.4. The number of hydrogen-bond donors (Lipinski definition) is 1. The number of hydrogen-bond acceptors (Lipinski definition) is 5. The molecule has 2 aromatic rings. The first-order chi connectivity index (χ1) is 10.0. The minimum atomic E-state index is -1.03. The van der Waals surface area contributed by atoms with Gasteiger partial charge in [0.1, 0.15) is 5.69 Å². The smallest absolute Gasteiger partial charge is 0.275 e. The van der Waals surface area contributed by atoms with E-state index >= 15 is 0 Å². The molecule has 0 radical (unpaired) electrons. The van der Waals surface area contributed by atoms with Crippen LogP contribution in [0.4, 0.5) is 14.5 Å². The fraction of sp³-hybridized carbons (Fsp3) is 0.154. The third kappa shape index (κ3) is 3.46. The number of anilines is 1. The van der Waals surface area contributed by atoms with Crippen LogP contribution in [0.3, 0.4) is 0 Å². The summed E-state index contributed by atoms with van der Waals surface area (Å²) in [7, 11) is 1.43. The lowest BCUT2D eigenvalue weighted by molar-refractivity contribution is 0.102. The van der Waals surface area contributed by atoms with E-state index in [1.54, 1.807) is 6.26 Å². The summed E-state index contributed by atoms with van der Waals surface area (Å²) in [6.45, 7) is 0. The number of halogens is 2. The van der Waals surface area contributed by atoms with Crippen molar-refractivity contribution < 1.29 is 18.3 Å². The number of aromatic nitrogens is 2. The predicted molar refractivity (Wildman–Crippen MR) is 74.7 cm³/mol. The molecule has 110 valence electrons. The first-order valence-corrected chi connectivity index (χ1v) is 6.98. The van der Waals surface area contributed by atoms with Crippen LogP contribution in [0.2, 0.25) is 0 Å². The molecule has 1 heterocycles. The Balaban J connectivity index is 2.20. The first-order valence-electron chi connectivity index (χ1n) is 5.75. The highest BCUT2D eigenvalue weighted by atomic mass is 32.2. The van der Waals surface area contributed by atoms with Gasteiger partial charge in [-0.2, -0.15) is 0 Å². The van der Waals surface area contributed by atoms with Crippen molar-refractivity contribution in [2.75, 3.05) is 18.7 Å². The second kappa shape index (κ2) is 6.49. The zero-order valence-corrected chi connectivity index (χ0v) is 12.0. The molecular formula is C13H11F2N3O2S. The maximum absolute atomic E-state index is 13.4. The van der Waals surface area contributed by atoms with Gasteiger partial charge in [0.05, 0.1) is 19.5 Å². The highest BCUT2D eigenvalue weighted by molar-refractivity contribution is 7.98. The number of nitrogens with zero attached hydrogens (tertiary/aromatic N) is 2. The highest BCUT2D eigenvalue weighted by Gasteiger charge is 2.13. The summed E-state index contributed by atoms with van der Waals surface area (Å²) < 4.78 is 31.6. The number of carbonyl (C=O) groups excluding carboxylic acids is 1. The van der Waals surface area contributed by atoms with Crippen molar-refractivity contribution in [3.8, 4) is 5.88 Å². The van der Waals surface area contributed by atoms with Crippen molar-refractivity contribution in [1.82, 2.24) is 9.97 Å². The molecule has 0 aliphatic rings. The molecule has 0 bridgehead atoms. The summed E-state index contributed by atoms with van der Waals surface area (Å²) in [5.41, 5.74) is 0.173. The minimum absolute atomic E-state index is 0.0336. The van der Waals surface area contributed by atoms with Crippen molar-refractivity contribution >= 4 is 23.4 Å². The van der Waals surface area contributed by atoms with E-state index in [0.29, 0.717) is 0 Å². The lowest BCUT2D eigenvalue weighted by Crippen LogP contribution is -2.14. The first kappa shape index (κ1) is 15.2. The molecule has 0 atom stereocenters. The molecule has 0 aliphatic carbocycles. The van der Waals surface area contributed by atoms with Crippen LogP contribution >= 0.6 is 11.8 Å². The Morgan fingerprint density at radius 2 is 2.05 bits per heavy atom. The molecule has 0 spiro atoms. The van der Waals surface area contributed by atoms with Crippen molar-refractivity contribution in [3.05, 3.63) is 41.9 Å². The summed E-state index contributed by atoms with van der Waals surface area (Å²) in [5.74, 6) is -2.28. The highest BCUT2D eigenvalue weighted by Crippen LogP contribution is 2.26. The Morgan fingerprint density at radius 1 is 1.29 bits per heavy atom. The van der Waals surface area contributed by atoms with Crippen molar-refractivity contribution in [3.63, 3.8) is 0 Å². The van der Waals surface area contributed by atoms with E-state index in [4.69, 9.17) is 4.74 Å². The molecule has 1 aromatic carbocycles. The molecular weight excluding hydrogens is 300 g/mol. The molecule has 0 aliphatic heterocycles. The van der Waals surface area contributed by atoms with E-state index in [0.717, 1.165) is 17.8 Å². The quantitative estimate of drug-likeness (QED) is 0.880. The maximum atomic E-state index is 13.4. The molecule has 0 saturated heterocycles. The van der Waals surface area contributed by atoms with E-state index in [2.05, 4.69) is 15.3 Å². The summed E-state index contributed by atoms with van der Waals surface area (Å²) in [6.07, 6.45) is 4.12. The molecule has 5 nitrogen and oxygen atoms in total. The number of methoxy groups -OCH3 is 1. The number of benzene rings is 1. The van der Waals surface area contributed by atoms with Gasteiger partial charge in [-0.05, 0) is 12.3 Å². The maximum Gasteiger partial charge on any atom is 0.275 e. The summed E-state index contributed by atoms with van der Waals surface area (Å²) in [6, 6.07) is 2.25. The molecule has 0 saturated carbocycles. The van der Waals surface area contributed by atoms with Gasteiger partial charge in [-0.3, -0.25) is 4.79 Å². The third-order valence-electron chi connectivity index (χ3n) is 2.54. The third-order valence-corrected chi connectivity index (χ3v) is 3.28. The van der Waals surface area contributed by atoms with Crippen LogP contribution in [0.1, 0.15) is 10.5 Å². The number of ether oxygens (including phenoxy) is 1. The number of nitrogens with one attached hydrogen (secondary N) is 1. The van der Waals surface area contributed by atoms with Crippen LogP contribution < -0.4 is 10.1 Å². The Kier molecular flexibility index (Phi) is 4.69. The van der Waals surface area contributed by atoms with Crippen LogP contribution in [-0.2, 0) is 0 Å². The molecule has 0 fully saturated rings. The Labute approximate surface area is 123 Å². The Hall–Kier alpha value is -2.22. The molecule has 21 heavy (non-hydrogen) atoms. The molecule has 0 unspecified atom stereocenters. The van der Waals surface area contributed by atoms with Crippen LogP contribution in [0, 0.1) is 11.6 Å². The Bertz CT molecular complexity index is 665. The van der Waals surface area contributed by atoms with Gasteiger partial charge in [-0.15, -0.1) is 11.8 Å². The van der Waals surface area contributed by atoms with Crippen molar-refractivity contribution in [2.45, 2.75) is 4.90 Å². The van der Waals surface area contributed by atoms with Crippen LogP contribution in [-0.4, -0.2) is 29.2 Å². The SMILES string of the molecule is COc1cnc(C(=O)Nc2cc(F)c(F)c(SC)c2)cn1. The topological polar surface area (TPSA) is 64.1 Å². The van der Waals surface area contributed by atoms with E-state index in [-0.39, 0.29) is 22.2 Å². The van der Waals surface area contributed by atoms with Gasteiger partial charge in [0, 0.05) is 16.6 Å². The van der Waals surface area contributed by atoms with Crippen molar-refractivity contribution in [2.24, 2.45) is 0 Å². The van der Waals surface area contributed by atoms with Crippen LogP contribution in [0.5, 0.6) is 5.88 Å². The van der Waals surface area contributed by atoms with E-state index in [9.17, 15) is 13.6 Å². The second-order valence-corrected chi connectivity index (χ2v) is 4.72. The van der Waals surface area contributed by atoms with Gasteiger partial charge in [0.2, 0.25) is 5.88 Å². The standard InChI is InChI=1S/C13H11F2N3O2S/c1-20-11-6-16-9(5-17-11)13(19)18-7-3-8(14)12(15)10(4-7)21-2/h3-6H,1-2H3,(H,18,19). The summed E-state index contributed by atoms with van der Waals surface area (Å²) >= 11 is 1.04. The number of rotatable bonds is 4. The molecule has 2 rings (SSSR count). The number of amides is 1. The van der Waals surface area contributed by atoms with E-state index in [1.165, 1.54) is 25.6 Å². The average molecular weight is 311 g/mol. The summed E-state index contributed by atoms with van der Waals surface area (Å²) in [4.78, 5) is 19.7. The normalized spacial score (nSPS) is 10.3. The molecule has 8 heteroatoms. The number of carbonyl (C=O) groups is 1. The van der Waals surface area contributed by atoms with E-state index < -0.39 is 17.5 Å². The minimum Gasteiger partial charge on any atom is -0.480 e. The van der Waals surface area contributed by atoms with Gasteiger partial charge in [-0.25, -0.2) is 18.7 Å².